The van der Waals surface area contributed by atoms with Gasteiger partial charge < -0.3 is 9.84 Å². The molecule has 10 atom stereocenters. The van der Waals surface area contributed by atoms with E-state index < -0.39 is 11.4 Å². The molecule has 0 aromatic heterocycles. The Kier molecular flexibility index (Phi) is 5.91. The summed E-state index contributed by atoms with van der Waals surface area (Å²) in [7, 11) is 0. The summed E-state index contributed by atoms with van der Waals surface area (Å²) in [5.74, 6) is 1.53. The van der Waals surface area contributed by atoms with Crippen LogP contribution in [0.2, 0.25) is 0 Å². The number of carbonyl (C=O) groups excluding carboxylic acids is 1. The fraction of sp³-hybridized carbons (Fsp3) is 0.875. The van der Waals surface area contributed by atoms with Crippen LogP contribution in [0.25, 0.3) is 0 Å². The van der Waals surface area contributed by atoms with Crippen molar-refractivity contribution >= 4 is 11.9 Å². The lowest BCUT2D eigenvalue weighted by atomic mass is 9.33. The largest absolute Gasteiger partial charge is 0.481 e. The minimum absolute atomic E-state index is 0.00171. The van der Waals surface area contributed by atoms with Gasteiger partial charge in [0.15, 0.2) is 0 Å². The van der Waals surface area contributed by atoms with Crippen molar-refractivity contribution in [2.24, 2.45) is 56.7 Å². The lowest BCUT2D eigenvalue weighted by Crippen LogP contribution is -2.65. The maximum Gasteiger partial charge on any atom is 0.310 e. The van der Waals surface area contributed by atoms with Crippen LogP contribution in [-0.4, -0.2) is 23.1 Å². The summed E-state index contributed by atoms with van der Waals surface area (Å²) in [6.07, 6.45) is 11.7. The summed E-state index contributed by atoms with van der Waals surface area (Å²) in [5, 5.41) is 10.6. The van der Waals surface area contributed by atoms with Crippen LogP contribution in [0.4, 0.5) is 0 Å². The number of allylic oxidation sites excluding steroid dienone is 2. The fourth-order valence-electron chi connectivity index (χ4n) is 11.2. The first-order chi connectivity index (χ1) is 16.6. The standard InChI is InChI=1S/C32H50O4/c1-19-11-16-32(27(34)35)18-17-30(7)22(26(32)20(19)2)9-10-24-29(6)14-13-25(36-21(3)33)28(4,5)23(29)12-15-31(24,30)8/h9,19-20,23-26H,10-18H2,1-8H3,(H,34,35)/t19-,20-,23-,24-,25-,26+,29-,30-,31-,32+/m1/s1. The highest BCUT2D eigenvalue weighted by Gasteiger charge is 2.69. The Labute approximate surface area is 219 Å². The number of fused-ring (bicyclic) bond motifs is 7. The Bertz CT molecular complexity index is 981. The van der Waals surface area contributed by atoms with E-state index in [1.165, 1.54) is 12.0 Å². The summed E-state index contributed by atoms with van der Waals surface area (Å²) in [5.41, 5.74) is 1.30. The van der Waals surface area contributed by atoms with Crippen LogP contribution in [0.5, 0.6) is 0 Å². The third-order valence-electron chi connectivity index (χ3n) is 13.7. The Morgan fingerprint density at radius 3 is 2.25 bits per heavy atom. The highest BCUT2D eigenvalue weighted by atomic mass is 16.5. The van der Waals surface area contributed by atoms with Crippen molar-refractivity contribution in [3.8, 4) is 0 Å². The molecule has 0 unspecified atom stereocenters. The number of ether oxygens (including phenoxy) is 1. The Balaban J connectivity index is 1.56. The van der Waals surface area contributed by atoms with Gasteiger partial charge in [-0.25, -0.2) is 0 Å². The second kappa shape index (κ2) is 8.09. The molecule has 4 nitrogen and oxygen atoms in total. The maximum atomic E-state index is 12.9. The monoisotopic (exact) mass is 498 g/mol. The number of hydrogen-bond donors (Lipinski definition) is 1. The van der Waals surface area contributed by atoms with Gasteiger partial charge in [0.1, 0.15) is 6.10 Å². The molecule has 0 spiro atoms. The molecule has 0 amide bonds. The van der Waals surface area contributed by atoms with Gasteiger partial charge in [-0.2, -0.15) is 0 Å². The van der Waals surface area contributed by atoms with Gasteiger partial charge in [0.05, 0.1) is 5.41 Å². The normalized spacial score (nSPS) is 51.5. The molecule has 0 aliphatic heterocycles. The van der Waals surface area contributed by atoms with Gasteiger partial charge in [0.25, 0.3) is 0 Å². The van der Waals surface area contributed by atoms with E-state index in [9.17, 15) is 14.7 Å². The molecule has 0 heterocycles. The molecular formula is C32H50O4. The van der Waals surface area contributed by atoms with Gasteiger partial charge in [-0.05, 0) is 104 Å². The summed E-state index contributed by atoms with van der Waals surface area (Å²) < 4.78 is 5.88. The predicted octanol–water partition coefficient (Wildman–Crippen LogP) is 7.66. The average Bonchev–Trinajstić information content (AvgIpc) is 2.78. The lowest BCUT2D eigenvalue weighted by Gasteiger charge is -2.71. The third-order valence-corrected chi connectivity index (χ3v) is 13.7. The van der Waals surface area contributed by atoms with Crippen LogP contribution in [0, 0.1) is 56.7 Å². The third kappa shape index (κ3) is 3.17. The smallest absolute Gasteiger partial charge is 0.310 e. The van der Waals surface area contributed by atoms with Gasteiger partial charge in [-0.3, -0.25) is 9.59 Å². The minimum Gasteiger partial charge on any atom is -0.481 e. The molecule has 5 aliphatic rings. The van der Waals surface area contributed by atoms with Crippen molar-refractivity contribution in [1.29, 1.82) is 0 Å². The number of carbonyl (C=O) groups is 2. The number of carboxylic acids is 1. The van der Waals surface area contributed by atoms with Crippen LogP contribution >= 0.6 is 0 Å². The van der Waals surface area contributed by atoms with E-state index in [-0.39, 0.29) is 39.7 Å². The highest BCUT2D eigenvalue weighted by Crippen LogP contribution is 2.75. The van der Waals surface area contributed by atoms with Crippen molar-refractivity contribution in [2.45, 2.75) is 119 Å². The Morgan fingerprint density at radius 2 is 1.61 bits per heavy atom. The Morgan fingerprint density at radius 1 is 0.917 bits per heavy atom. The van der Waals surface area contributed by atoms with E-state index in [2.05, 4.69) is 54.5 Å². The molecule has 0 bridgehead atoms. The molecule has 5 aliphatic carbocycles. The van der Waals surface area contributed by atoms with E-state index in [1.807, 2.05) is 0 Å². The second-order valence-corrected chi connectivity index (χ2v) is 15.1. The Hall–Kier alpha value is -1.32. The zero-order valence-corrected chi connectivity index (χ0v) is 24.1. The van der Waals surface area contributed by atoms with Crippen molar-refractivity contribution in [1.82, 2.24) is 0 Å². The molecule has 202 valence electrons. The van der Waals surface area contributed by atoms with Crippen LogP contribution in [0.1, 0.15) is 113 Å². The van der Waals surface area contributed by atoms with Gasteiger partial charge in [-0.1, -0.05) is 60.1 Å². The van der Waals surface area contributed by atoms with Gasteiger partial charge in [-0.15, -0.1) is 0 Å². The zero-order valence-electron chi connectivity index (χ0n) is 24.1. The zero-order chi connectivity index (χ0) is 26.5. The number of esters is 1. The molecule has 4 fully saturated rings. The van der Waals surface area contributed by atoms with Crippen LogP contribution in [0.3, 0.4) is 0 Å². The molecular weight excluding hydrogens is 448 g/mol. The second-order valence-electron chi connectivity index (χ2n) is 15.1. The van der Waals surface area contributed by atoms with Crippen LogP contribution in [-0.2, 0) is 14.3 Å². The number of rotatable bonds is 2. The molecule has 0 saturated heterocycles. The predicted molar refractivity (Wildman–Crippen MR) is 142 cm³/mol. The molecule has 1 N–H and O–H groups in total. The van der Waals surface area contributed by atoms with Crippen molar-refractivity contribution in [3.05, 3.63) is 11.6 Å². The minimum atomic E-state index is -0.578. The lowest BCUT2D eigenvalue weighted by molar-refractivity contribution is -0.214. The molecule has 0 aromatic carbocycles. The molecule has 36 heavy (non-hydrogen) atoms. The van der Waals surface area contributed by atoms with E-state index in [0.29, 0.717) is 23.7 Å². The van der Waals surface area contributed by atoms with Crippen LogP contribution < -0.4 is 0 Å². The molecule has 5 rings (SSSR count). The quantitative estimate of drug-likeness (QED) is 0.313. The topological polar surface area (TPSA) is 63.6 Å². The molecule has 4 saturated carbocycles. The van der Waals surface area contributed by atoms with Crippen molar-refractivity contribution in [3.63, 3.8) is 0 Å². The summed E-state index contributed by atoms with van der Waals surface area (Å²) in [6.45, 7) is 18.5. The van der Waals surface area contributed by atoms with Crippen molar-refractivity contribution in [2.75, 3.05) is 0 Å². The maximum absolute atomic E-state index is 12.9. The average molecular weight is 499 g/mol. The van der Waals surface area contributed by atoms with Gasteiger partial charge in [0.2, 0.25) is 0 Å². The first kappa shape index (κ1) is 26.3. The summed E-state index contributed by atoms with van der Waals surface area (Å²) >= 11 is 0. The van der Waals surface area contributed by atoms with Crippen LogP contribution in [0.15, 0.2) is 11.6 Å². The van der Waals surface area contributed by atoms with E-state index in [0.717, 1.165) is 51.4 Å². The molecule has 0 radical (unpaired) electrons. The molecule has 0 aromatic rings. The van der Waals surface area contributed by atoms with Gasteiger partial charge in [0, 0.05) is 12.3 Å². The molecule has 4 heteroatoms. The number of aliphatic carboxylic acids is 1. The first-order valence-corrected chi connectivity index (χ1v) is 14.8. The highest BCUT2D eigenvalue weighted by molar-refractivity contribution is 5.76. The van der Waals surface area contributed by atoms with E-state index in [1.54, 1.807) is 6.92 Å². The number of carboxylic acid groups (broad SMARTS) is 1. The van der Waals surface area contributed by atoms with Gasteiger partial charge >= 0.3 is 11.9 Å². The van der Waals surface area contributed by atoms with E-state index in [4.69, 9.17) is 4.74 Å². The fourth-order valence-corrected chi connectivity index (χ4v) is 11.2. The first-order valence-electron chi connectivity index (χ1n) is 14.8. The summed E-state index contributed by atoms with van der Waals surface area (Å²) in [6, 6.07) is 0. The number of hydrogen-bond acceptors (Lipinski definition) is 3. The van der Waals surface area contributed by atoms with Crippen molar-refractivity contribution < 1.29 is 19.4 Å². The summed E-state index contributed by atoms with van der Waals surface area (Å²) in [4.78, 5) is 24.7. The van der Waals surface area contributed by atoms with E-state index >= 15 is 0 Å². The SMILES string of the molecule is CC(=O)O[C@@H]1CC[C@]2(C)[C@H](CC[C@]3(C)[C@@H]2CC=C2[C@@H]4[C@H](C)[C@H](C)CC[C@]4(C(=O)O)CC[C@]23C)C1(C)C.